The highest BCUT2D eigenvalue weighted by atomic mass is 32.2. The summed E-state index contributed by atoms with van der Waals surface area (Å²) >= 11 is 0. The van der Waals surface area contributed by atoms with E-state index in [1.165, 1.54) is 48.2 Å². The Balaban J connectivity index is 1.87. The Morgan fingerprint density at radius 3 is 2.50 bits per heavy atom. The van der Waals surface area contributed by atoms with Crippen molar-refractivity contribution in [3.63, 3.8) is 0 Å². The van der Waals surface area contributed by atoms with E-state index in [2.05, 4.69) is 20.3 Å². The Bertz CT molecular complexity index is 1210. The molecule has 0 saturated heterocycles. The molecule has 3 rings (SSSR count). The van der Waals surface area contributed by atoms with Crippen LogP contribution in [0.1, 0.15) is 16.2 Å². The molecule has 0 N–H and O–H groups in total. The predicted molar refractivity (Wildman–Crippen MR) is 101 cm³/mol. The molecule has 156 valence electrons. The minimum Gasteiger partial charge on any atom is -0.478 e. The average Bonchev–Trinajstić information content (AvgIpc) is 3.19. The first-order valence-corrected chi connectivity index (χ1v) is 10.2. The standard InChI is InChI=1S/C17H15N5O7S/c1-28-17(23)11-3-8-14(22(24)25)15(9-11)29-10-16-18-19-20-21(16)12-4-6-13(7-5-12)30(2,26)27/h3-9H,10H2,1-2H3. The minimum atomic E-state index is -3.36. The molecular formula is C17H15N5O7S. The molecule has 1 aromatic heterocycles. The third kappa shape index (κ3) is 4.41. The second-order valence-electron chi connectivity index (χ2n) is 5.99. The summed E-state index contributed by atoms with van der Waals surface area (Å²) in [5, 5.41) is 22.5. The summed E-state index contributed by atoms with van der Waals surface area (Å²) in [4.78, 5) is 22.4. The maximum absolute atomic E-state index is 11.7. The first-order chi connectivity index (χ1) is 14.2. The van der Waals surface area contributed by atoms with Gasteiger partial charge in [-0.15, -0.1) is 5.10 Å². The molecule has 0 aliphatic heterocycles. The summed E-state index contributed by atoms with van der Waals surface area (Å²) in [6.07, 6.45) is 1.09. The largest absolute Gasteiger partial charge is 0.478 e. The van der Waals surface area contributed by atoms with Gasteiger partial charge in [-0.25, -0.2) is 13.2 Å². The molecule has 0 bridgehead atoms. The highest BCUT2D eigenvalue weighted by molar-refractivity contribution is 7.90. The zero-order chi connectivity index (χ0) is 21.9. The third-order valence-corrected chi connectivity index (χ3v) is 5.11. The van der Waals surface area contributed by atoms with Gasteiger partial charge in [-0.05, 0) is 40.8 Å². The van der Waals surface area contributed by atoms with E-state index >= 15 is 0 Å². The van der Waals surface area contributed by atoms with Crippen LogP contribution in [0.15, 0.2) is 47.4 Å². The van der Waals surface area contributed by atoms with Gasteiger partial charge >= 0.3 is 11.7 Å². The summed E-state index contributed by atoms with van der Waals surface area (Å²) in [6.45, 7) is -0.258. The Hall–Kier alpha value is -3.87. The van der Waals surface area contributed by atoms with Crippen molar-refractivity contribution in [3.8, 4) is 11.4 Å². The van der Waals surface area contributed by atoms with Crippen LogP contribution < -0.4 is 4.74 Å². The molecule has 13 heteroatoms. The van der Waals surface area contributed by atoms with Crippen LogP contribution in [0.3, 0.4) is 0 Å². The van der Waals surface area contributed by atoms with Gasteiger partial charge < -0.3 is 9.47 Å². The number of benzene rings is 2. The molecule has 3 aromatic rings. The van der Waals surface area contributed by atoms with Crippen LogP contribution in [-0.4, -0.2) is 52.9 Å². The SMILES string of the molecule is COC(=O)c1ccc([N+](=O)[O-])c(OCc2nnnn2-c2ccc(S(C)(=O)=O)cc2)c1. The number of hydrogen-bond donors (Lipinski definition) is 0. The van der Waals surface area contributed by atoms with Gasteiger partial charge in [-0.3, -0.25) is 10.1 Å². The van der Waals surface area contributed by atoms with Crippen LogP contribution in [0.4, 0.5) is 5.69 Å². The molecule has 1 heterocycles. The number of ether oxygens (including phenoxy) is 2. The van der Waals surface area contributed by atoms with Crippen LogP contribution in [0.2, 0.25) is 0 Å². The summed E-state index contributed by atoms with van der Waals surface area (Å²) in [5.74, 6) is -0.643. The summed E-state index contributed by atoms with van der Waals surface area (Å²) in [7, 11) is -2.17. The van der Waals surface area contributed by atoms with Crippen LogP contribution in [0.5, 0.6) is 5.75 Å². The number of tetrazole rings is 1. The molecule has 0 aliphatic rings. The molecule has 0 saturated carbocycles. The maximum Gasteiger partial charge on any atom is 0.337 e. The fourth-order valence-electron chi connectivity index (χ4n) is 2.50. The Morgan fingerprint density at radius 1 is 1.20 bits per heavy atom. The maximum atomic E-state index is 11.7. The lowest BCUT2D eigenvalue weighted by Crippen LogP contribution is -2.09. The second-order valence-corrected chi connectivity index (χ2v) is 8.01. The number of hydrogen-bond acceptors (Lipinski definition) is 10. The van der Waals surface area contributed by atoms with Crippen molar-refractivity contribution in [1.82, 2.24) is 20.2 Å². The Morgan fingerprint density at radius 2 is 1.90 bits per heavy atom. The molecule has 30 heavy (non-hydrogen) atoms. The van der Waals surface area contributed by atoms with Crippen LogP contribution in [0.25, 0.3) is 5.69 Å². The smallest absolute Gasteiger partial charge is 0.337 e. The highest BCUT2D eigenvalue weighted by Gasteiger charge is 2.20. The highest BCUT2D eigenvalue weighted by Crippen LogP contribution is 2.29. The molecule has 2 aromatic carbocycles. The van der Waals surface area contributed by atoms with Gasteiger partial charge in [-0.1, -0.05) is 0 Å². The number of carbonyl (C=O) groups excluding carboxylic acids is 1. The predicted octanol–water partition coefficient (Wildman–Crippen LogP) is 1.34. The monoisotopic (exact) mass is 433 g/mol. The van der Waals surface area contributed by atoms with Crippen molar-refractivity contribution in [3.05, 3.63) is 64.0 Å². The number of aromatic nitrogens is 4. The number of nitro benzene ring substituents is 1. The molecule has 0 aliphatic carbocycles. The second kappa shape index (κ2) is 8.24. The van der Waals surface area contributed by atoms with E-state index in [-0.39, 0.29) is 34.3 Å². The topological polar surface area (TPSA) is 156 Å². The van der Waals surface area contributed by atoms with E-state index in [1.54, 1.807) is 0 Å². The molecule has 0 fully saturated rings. The third-order valence-electron chi connectivity index (χ3n) is 3.98. The van der Waals surface area contributed by atoms with Gasteiger partial charge in [0, 0.05) is 18.4 Å². The number of nitrogens with zero attached hydrogens (tertiary/aromatic N) is 5. The Kier molecular flexibility index (Phi) is 5.73. The van der Waals surface area contributed by atoms with Gasteiger partial charge in [0.05, 0.1) is 28.2 Å². The van der Waals surface area contributed by atoms with E-state index in [4.69, 9.17) is 4.74 Å². The number of carbonyl (C=O) groups is 1. The molecule has 0 spiro atoms. The fraction of sp³-hybridized carbons (Fsp3) is 0.176. The summed E-state index contributed by atoms with van der Waals surface area (Å²) in [5.41, 5.74) is 0.192. The van der Waals surface area contributed by atoms with E-state index < -0.39 is 20.7 Å². The fourth-order valence-corrected chi connectivity index (χ4v) is 3.13. The molecule has 12 nitrogen and oxygen atoms in total. The number of sulfone groups is 1. The van der Waals surface area contributed by atoms with Crippen molar-refractivity contribution in [1.29, 1.82) is 0 Å². The van der Waals surface area contributed by atoms with E-state index in [9.17, 15) is 23.3 Å². The first-order valence-electron chi connectivity index (χ1n) is 8.28. The lowest BCUT2D eigenvalue weighted by atomic mass is 10.2. The zero-order valence-electron chi connectivity index (χ0n) is 15.8. The molecule has 0 amide bonds. The Labute approximate surface area is 170 Å². The molecule has 0 radical (unpaired) electrons. The molecule has 0 unspecified atom stereocenters. The minimum absolute atomic E-state index is 0.0778. The van der Waals surface area contributed by atoms with Crippen LogP contribution >= 0.6 is 0 Å². The van der Waals surface area contributed by atoms with Crippen molar-refractivity contribution in [2.45, 2.75) is 11.5 Å². The van der Waals surface area contributed by atoms with Gasteiger partial charge in [0.2, 0.25) is 0 Å². The lowest BCUT2D eigenvalue weighted by molar-refractivity contribution is -0.386. The van der Waals surface area contributed by atoms with Crippen molar-refractivity contribution in [2.24, 2.45) is 0 Å². The van der Waals surface area contributed by atoms with E-state index in [1.807, 2.05) is 0 Å². The number of nitro groups is 1. The summed E-state index contributed by atoms with van der Waals surface area (Å²) < 4.78 is 34.6. The number of rotatable bonds is 7. The quantitative estimate of drug-likeness (QED) is 0.302. The molecule has 0 atom stereocenters. The van der Waals surface area contributed by atoms with Gasteiger partial charge in [0.15, 0.2) is 28.0 Å². The van der Waals surface area contributed by atoms with Gasteiger partial charge in [-0.2, -0.15) is 4.68 Å². The zero-order valence-corrected chi connectivity index (χ0v) is 16.6. The van der Waals surface area contributed by atoms with E-state index in [0.717, 1.165) is 12.3 Å². The first kappa shape index (κ1) is 20.9. The van der Waals surface area contributed by atoms with Gasteiger partial charge in [0.1, 0.15) is 0 Å². The lowest BCUT2D eigenvalue weighted by Gasteiger charge is -2.09. The van der Waals surface area contributed by atoms with Crippen LogP contribution in [-0.2, 0) is 21.2 Å². The van der Waals surface area contributed by atoms with Crippen molar-refractivity contribution in [2.75, 3.05) is 13.4 Å². The van der Waals surface area contributed by atoms with E-state index in [0.29, 0.717) is 5.69 Å². The number of esters is 1. The van der Waals surface area contributed by atoms with Crippen LogP contribution in [0, 0.1) is 10.1 Å². The molecular weight excluding hydrogens is 418 g/mol. The summed E-state index contributed by atoms with van der Waals surface area (Å²) in [6, 6.07) is 9.41. The van der Waals surface area contributed by atoms with Crippen molar-refractivity contribution < 1.29 is 27.6 Å². The van der Waals surface area contributed by atoms with Crippen molar-refractivity contribution >= 4 is 21.5 Å². The normalized spacial score (nSPS) is 11.1. The number of methoxy groups -OCH3 is 1. The van der Waals surface area contributed by atoms with Gasteiger partial charge in [0.25, 0.3) is 0 Å². The average molecular weight is 433 g/mol.